The van der Waals surface area contributed by atoms with Crippen LogP contribution in [-0.2, 0) is 14.8 Å². The molecular weight excluding hydrogens is 364 g/mol. The number of anilines is 2. The lowest BCUT2D eigenvalue weighted by Gasteiger charge is -2.28. The van der Waals surface area contributed by atoms with Crippen LogP contribution in [0.5, 0.6) is 5.75 Å². The second kappa shape index (κ2) is 7.60. The van der Waals surface area contributed by atoms with Gasteiger partial charge in [-0.3, -0.25) is 9.52 Å². The topological polar surface area (TPSA) is 75.7 Å². The molecule has 2 aromatic rings. The minimum absolute atomic E-state index is 0.0583. The van der Waals surface area contributed by atoms with E-state index >= 15 is 0 Å². The van der Waals surface area contributed by atoms with Crippen molar-refractivity contribution in [2.75, 3.05) is 23.3 Å². The van der Waals surface area contributed by atoms with Crippen molar-refractivity contribution in [2.45, 2.75) is 38.0 Å². The Morgan fingerprint density at radius 2 is 1.81 bits per heavy atom. The highest BCUT2D eigenvalue weighted by Crippen LogP contribution is 2.34. The molecule has 6 nitrogen and oxygen atoms in total. The number of aryl methyl sites for hydroxylation is 2. The minimum atomic E-state index is -3.71. The first-order valence-corrected chi connectivity index (χ1v) is 10.4. The smallest absolute Gasteiger partial charge is 0.261 e. The number of nitrogens with one attached hydrogen (secondary N) is 1. The van der Waals surface area contributed by atoms with Gasteiger partial charge < -0.3 is 9.64 Å². The Hall–Kier alpha value is -2.54. The number of hydrogen-bond acceptors (Lipinski definition) is 4. The molecule has 144 valence electrons. The molecule has 0 unspecified atom stereocenters. The van der Waals surface area contributed by atoms with Crippen LogP contribution < -0.4 is 14.4 Å². The molecule has 7 heteroatoms. The van der Waals surface area contributed by atoms with Gasteiger partial charge in [0.05, 0.1) is 23.4 Å². The van der Waals surface area contributed by atoms with Crippen molar-refractivity contribution in [3.05, 3.63) is 47.5 Å². The van der Waals surface area contributed by atoms with E-state index in [1.54, 1.807) is 41.3 Å². The fourth-order valence-corrected chi connectivity index (χ4v) is 4.25. The predicted octanol–water partition coefficient (Wildman–Crippen LogP) is 3.63. The summed E-state index contributed by atoms with van der Waals surface area (Å²) in [5, 5.41) is 0. The van der Waals surface area contributed by atoms with Gasteiger partial charge in [0.15, 0.2) is 0 Å². The predicted molar refractivity (Wildman–Crippen MR) is 106 cm³/mol. The van der Waals surface area contributed by atoms with Gasteiger partial charge in [0.2, 0.25) is 5.91 Å². The van der Waals surface area contributed by atoms with Gasteiger partial charge in [-0.1, -0.05) is 6.07 Å². The van der Waals surface area contributed by atoms with E-state index in [-0.39, 0.29) is 10.8 Å². The van der Waals surface area contributed by atoms with Crippen LogP contribution in [0.2, 0.25) is 0 Å². The molecule has 1 heterocycles. The van der Waals surface area contributed by atoms with Crippen LogP contribution in [-0.4, -0.2) is 28.0 Å². The summed E-state index contributed by atoms with van der Waals surface area (Å²) in [5.41, 5.74) is 3.00. The molecule has 1 N–H and O–H groups in total. The molecule has 1 amide bonds. The van der Waals surface area contributed by atoms with E-state index in [4.69, 9.17) is 4.74 Å². The first kappa shape index (κ1) is 19.2. The van der Waals surface area contributed by atoms with Crippen LogP contribution in [0, 0.1) is 13.8 Å². The van der Waals surface area contributed by atoms with Crippen molar-refractivity contribution in [3.8, 4) is 5.75 Å². The zero-order valence-electron chi connectivity index (χ0n) is 15.8. The molecule has 0 spiro atoms. The zero-order chi connectivity index (χ0) is 19.6. The number of hydrogen-bond donors (Lipinski definition) is 1. The third-order valence-electron chi connectivity index (χ3n) is 4.83. The summed E-state index contributed by atoms with van der Waals surface area (Å²) in [6.07, 6.45) is 2.35. The van der Waals surface area contributed by atoms with Crippen molar-refractivity contribution in [3.63, 3.8) is 0 Å². The summed E-state index contributed by atoms with van der Waals surface area (Å²) < 4.78 is 33.4. The van der Waals surface area contributed by atoms with Gasteiger partial charge in [-0.05, 0) is 62.1 Å². The number of carbonyl (C=O) groups excluding carboxylic acids is 1. The molecule has 0 saturated carbocycles. The van der Waals surface area contributed by atoms with E-state index in [0.717, 1.165) is 24.0 Å². The van der Waals surface area contributed by atoms with E-state index in [1.807, 2.05) is 13.8 Å². The average molecular weight is 388 g/mol. The van der Waals surface area contributed by atoms with Gasteiger partial charge in [-0.2, -0.15) is 0 Å². The Labute approximate surface area is 160 Å². The molecule has 1 saturated heterocycles. The highest BCUT2D eigenvalue weighted by atomic mass is 32.2. The number of sulfonamides is 1. The van der Waals surface area contributed by atoms with E-state index in [2.05, 4.69) is 4.72 Å². The van der Waals surface area contributed by atoms with Crippen molar-refractivity contribution in [2.24, 2.45) is 0 Å². The summed E-state index contributed by atoms with van der Waals surface area (Å²) in [6, 6.07) is 10.0. The Morgan fingerprint density at radius 3 is 2.48 bits per heavy atom. The van der Waals surface area contributed by atoms with Crippen molar-refractivity contribution >= 4 is 27.3 Å². The molecule has 1 aliphatic rings. The lowest BCUT2D eigenvalue weighted by atomic mass is 10.1. The highest BCUT2D eigenvalue weighted by Gasteiger charge is 2.23. The number of methoxy groups -OCH3 is 1. The summed E-state index contributed by atoms with van der Waals surface area (Å²) in [4.78, 5) is 14.1. The second-order valence-corrected chi connectivity index (χ2v) is 8.42. The maximum absolute atomic E-state index is 12.7. The average Bonchev–Trinajstić information content (AvgIpc) is 2.64. The second-order valence-electron chi connectivity index (χ2n) is 6.74. The van der Waals surface area contributed by atoms with E-state index in [1.165, 1.54) is 7.11 Å². The fraction of sp³-hybridized carbons (Fsp3) is 0.350. The number of rotatable bonds is 5. The Kier molecular flexibility index (Phi) is 5.41. The van der Waals surface area contributed by atoms with E-state index < -0.39 is 10.0 Å². The van der Waals surface area contributed by atoms with Gasteiger partial charge >= 0.3 is 0 Å². The largest absolute Gasteiger partial charge is 0.494 e. The van der Waals surface area contributed by atoms with Crippen LogP contribution in [0.25, 0.3) is 0 Å². The lowest BCUT2D eigenvalue weighted by molar-refractivity contribution is -0.119. The Balaban J connectivity index is 1.89. The molecule has 0 bridgehead atoms. The van der Waals surface area contributed by atoms with E-state index in [0.29, 0.717) is 30.1 Å². The lowest BCUT2D eigenvalue weighted by Crippen LogP contribution is -2.35. The van der Waals surface area contributed by atoms with Crippen LogP contribution in [0.1, 0.15) is 30.4 Å². The molecule has 2 aromatic carbocycles. The summed E-state index contributed by atoms with van der Waals surface area (Å²) in [6.45, 7) is 4.45. The third-order valence-corrected chi connectivity index (χ3v) is 6.21. The zero-order valence-corrected chi connectivity index (χ0v) is 16.6. The van der Waals surface area contributed by atoms with Gasteiger partial charge in [0.1, 0.15) is 5.75 Å². The first-order chi connectivity index (χ1) is 12.8. The molecule has 0 atom stereocenters. The summed E-state index contributed by atoms with van der Waals surface area (Å²) in [7, 11) is -2.20. The van der Waals surface area contributed by atoms with Crippen LogP contribution in [0.15, 0.2) is 41.3 Å². The maximum Gasteiger partial charge on any atom is 0.261 e. The molecule has 0 radical (unpaired) electrons. The summed E-state index contributed by atoms with van der Waals surface area (Å²) in [5.74, 6) is 0.522. The van der Waals surface area contributed by atoms with Crippen LogP contribution >= 0.6 is 0 Å². The standard InChI is InChI=1S/C20H24N2O4S/c1-14-7-9-17(12-15(14)2)27(24,25)21-16-8-10-18(19(13-16)26-3)22-11-5-4-6-20(22)23/h7-10,12-13,21H,4-6,11H2,1-3H3. The Bertz CT molecular complexity index is 970. The summed E-state index contributed by atoms with van der Waals surface area (Å²) >= 11 is 0. The van der Waals surface area contributed by atoms with Gasteiger partial charge in [0, 0.05) is 19.0 Å². The number of nitrogens with zero attached hydrogens (tertiary/aromatic N) is 1. The van der Waals surface area contributed by atoms with Gasteiger partial charge in [0.25, 0.3) is 10.0 Å². The Morgan fingerprint density at radius 1 is 1.04 bits per heavy atom. The van der Waals surface area contributed by atoms with Crippen molar-refractivity contribution in [1.29, 1.82) is 0 Å². The number of carbonyl (C=O) groups is 1. The normalized spacial score (nSPS) is 14.9. The number of ether oxygens (including phenoxy) is 1. The SMILES string of the molecule is COc1cc(NS(=O)(=O)c2ccc(C)c(C)c2)ccc1N1CCCCC1=O. The monoisotopic (exact) mass is 388 g/mol. The number of benzene rings is 2. The molecule has 0 aliphatic carbocycles. The molecule has 1 aliphatic heterocycles. The molecular formula is C20H24N2O4S. The molecule has 1 fully saturated rings. The number of piperidine rings is 1. The number of amides is 1. The van der Waals surface area contributed by atoms with Crippen LogP contribution in [0.3, 0.4) is 0 Å². The molecule has 27 heavy (non-hydrogen) atoms. The van der Waals surface area contributed by atoms with Crippen molar-refractivity contribution in [1.82, 2.24) is 0 Å². The van der Waals surface area contributed by atoms with Gasteiger partial charge in [-0.15, -0.1) is 0 Å². The third kappa shape index (κ3) is 4.08. The van der Waals surface area contributed by atoms with Gasteiger partial charge in [-0.25, -0.2) is 8.42 Å². The van der Waals surface area contributed by atoms with E-state index in [9.17, 15) is 13.2 Å². The highest BCUT2D eigenvalue weighted by molar-refractivity contribution is 7.92. The molecule has 0 aromatic heterocycles. The maximum atomic E-state index is 12.7. The quantitative estimate of drug-likeness (QED) is 0.849. The molecule has 3 rings (SSSR count). The van der Waals surface area contributed by atoms with Crippen LogP contribution in [0.4, 0.5) is 11.4 Å². The first-order valence-electron chi connectivity index (χ1n) is 8.90. The van der Waals surface area contributed by atoms with Crippen molar-refractivity contribution < 1.29 is 17.9 Å². The fourth-order valence-electron chi connectivity index (χ4n) is 3.12. The minimum Gasteiger partial charge on any atom is -0.494 e.